The zero-order valence-electron chi connectivity index (χ0n) is 12.1. The molecule has 120 valence electrons. The normalized spacial score (nSPS) is 10.9. The summed E-state index contributed by atoms with van der Waals surface area (Å²) in [6.45, 7) is 1.92. The van der Waals surface area contributed by atoms with E-state index >= 15 is 0 Å². The van der Waals surface area contributed by atoms with E-state index < -0.39 is 11.9 Å². The van der Waals surface area contributed by atoms with Crippen molar-refractivity contribution in [2.45, 2.75) is 6.92 Å². The number of hydrogen-bond donors (Lipinski definition) is 1. The molecule has 1 heterocycles. The lowest BCUT2D eigenvalue weighted by Gasteiger charge is -2.08. The highest BCUT2D eigenvalue weighted by atomic mass is 79.9. The van der Waals surface area contributed by atoms with Gasteiger partial charge in [0.1, 0.15) is 17.9 Å². The Morgan fingerprint density at radius 1 is 1.30 bits per heavy atom. The molecule has 1 aromatic heterocycles. The predicted octanol–water partition coefficient (Wildman–Crippen LogP) is 3.23. The Labute approximate surface area is 149 Å². The molecule has 0 unspecified atom stereocenters. The van der Waals surface area contributed by atoms with E-state index in [4.69, 9.17) is 10.5 Å². The van der Waals surface area contributed by atoms with Crippen molar-refractivity contribution in [2.75, 3.05) is 6.61 Å². The molecule has 0 spiro atoms. The van der Waals surface area contributed by atoms with Gasteiger partial charge in [0.15, 0.2) is 0 Å². The van der Waals surface area contributed by atoms with Gasteiger partial charge in [-0.25, -0.2) is 9.48 Å². The van der Waals surface area contributed by atoms with Crippen LogP contribution in [0, 0.1) is 0 Å². The minimum Gasteiger partial charge on any atom is -0.458 e. The van der Waals surface area contributed by atoms with Gasteiger partial charge in [0, 0.05) is 8.95 Å². The van der Waals surface area contributed by atoms with Crippen LogP contribution in [-0.2, 0) is 4.74 Å². The maximum absolute atomic E-state index is 12.1. The Morgan fingerprint density at radius 3 is 2.52 bits per heavy atom. The Bertz CT molecular complexity index is 764. The number of rotatable bonds is 5. The van der Waals surface area contributed by atoms with Crippen LogP contribution in [0.5, 0.6) is 0 Å². The fourth-order valence-corrected chi connectivity index (χ4v) is 3.16. The second-order valence-corrected chi connectivity index (χ2v) is 6.31. The molecule has 2 rings (SSSR count). The highest BCUT2D eigenvalue weighted by Gasteiger charge is 2.23. The molecule has 0 atom stereocenters. The van der Waals surface area contributed by atoms with Gasteiger partial charge < -0.3 is 10.5 Å². The first-order valence-corrected chi connectivity index (χ1v) is 8.15. The van der Waals surface area contributed by atoms with Crippen LogP contribution in [0.2, 0.25) is 0 Å². The number of ether oxygens (including phenoxy) is 1. The molecule has 1 aromatic carbocycles. The summed E-state index contributed by atoms with van der Waals surface area (Å²) in [6.07, 6.45) is 4.70. The molecule has 0 bridgehead atoms. The van der Waals surface area contributed by atoms with E-state index in [0.717, 1.165) is 8.95 Å². The van der Waals surface area contributed by atoms with Gasteiger partial charge in [0.05, 0.1) is 11.9 Å². The van der Waals surface area contributed by atoms with Crippen molar-refractivity contribution in [2.24, 2.45) is 5.73 Å². The van der Waals surface area contributed by atoms with Crippen LogP contribution in [-0.4, -0.2) is 28.3 Å². The van der Waals surface area contributed by atoms with Crippen molar-refractivity contribution in [3.63, 3.8) is 0 Å². The van der Waals surface area contributed by atoms with E-state index in [9.17, 15) is 9.59 Å². The van der Waals surface area contributed by atoms with Gasteiger partial charge in [-0.2, -0.15) is 5.10 Å². The van der Waals surface area contributed by atoms with Crippen LogP contribution in [0.4, 0.5) is 0 Å². The number of carbonyl (C=O) groups excluding carboxylic acids is 2. The number of benzene rings is 1. The molecule has 23 heavy (non-hydrogen) atoms. The number of aromatic nitrogens is 2. The molecule has 0 radical (unpaired) electrons. The SMILES string of the molecule is CC=CCOC(=O)c1cnn(-c2cc(Br)cc(Br)c2)c1C(N)=O. The lowest BCUT2D eigenvalue weighted by molar-refractivity contribution is 0.0546. The lowest BCUT2D eigenvalue weighted by atomic mass is 10.2. The maximum atomic E-state index is 12.1. The molecular weight excluding hydrogens is 430 g/mol. The second kappa shape index (κ2) is 7.56. The summed E-state index contributed by atoms with van der Waals surface area (Å²) in [5.41, 5.74) is 6.00. The van der Waals surface area contributed by atoms with E-state index in [1.165, 1.54) is 10.9 Å². The van der Waals surface area contributed by atoms with Gasteiger partial charge in [0.2, 0.25) is 0 Å². The van der Waals surface area contributed by atoms with Crippen molar-refractivity contribution in [3.05, 3.63) is 56.8 Å². The number of primary amides is 1. The topological polar surface area (TPSA) is 87.2 Å². The molecule has 0 aliphatic heterocycles. The quantitative estimate of drug-likeness (QED) is 0.568. The Balaban J connectivity index is 2.46. The molecular formula is C15H13Br2N3O3. The van der Waals surface area contributed by atoms with Crippen LogP contribution < -0.4 is 5.73 Å². The molecule has 0 saturated carbocycles. The monoisotopic (exact) mass is 441 g/mol. The van der Waals surface area contributed by atoms with Gasteiger partial charge in [0.25, 0.3) is 5.91 Å². The minimum absolute atomic E-state index is 0.0260. The first kappa shape index (κ1) is 17.4. The summed E-state index contributed by atoms with van der Waals surface area (Å²) in [7, 11) is 0. The fourth-order valence-electron chi connectivity index (χ4n) is 1.89. The van der Waals surface area contributed by atoms with Crippen molar-refractivity contribution < 1.29 is 14.3 Å². The molecule has 6 nitrogen and oxygen atoms in total. The average Bonchev–Trinajstić information content (AvgIpc) is 2.91. The second-order valence-electron chi connectivity index (χ2n) is 4.48. The van der Waals surface area contributed by atoms with Crippen molar-refractivity contribution in [3.8, 4) is 5.69 Å². The number of halogens is 2. The Morgan fingerprint density at radius 2 is 1.96 bits per heavy atom. The summed E-state index contributed by atoms with van der Waals surface area (Å²) in [6, 6.07) is 5.33. The molecule has 2 aromatic rings. The highest BCUT2D eigenvalue weighted by molar-refractivity contribution is 9.11. The summed E-state index contributed by atoms with van der Waals surface area (Å²) >= 11 is 6.73. The van der Waals surface area contributed by atoms with Crippen LogP contribution in [0.15, 0.2) is 45.5 Å². The van der Waals surface area contributed by atoms with Gasteiger partial charge in [-0.15, -0.1) is 0 Å². The van der Waals surface area contributed by atoms with Crippen LogP contribution in [0.1, 0.15) is 27.8 Å². The molecule has 0 aliphatic carbocycles. The number of allylic oxidation sites excluding steroid dienone is 1. The number of esters is 1. The standard InChI is InChI=1S/C15H13Br2N3O3/c1-2-3-4-23-15(22)12-8-19-20(13(12)14(18)21)11-6-9(16)5-10(17)7-11/h2-3,5-8H,4H2,1H3,(H2,18,21). The molecule has 8 heteroatoms. The number of nitrogens with two attached hydrogens (primary N) is 1. The number of nitrogens with zero attached hydrogens (tertiary/aromatic N) is 2. The van der Waals surface area contributed by atoms with E-state index in [1.807, 2.05) is 13.0 Å². The van der Waals surface area contributed by atoms with E-state index in [1.54, 1.807) is 24.3 Å². The van der Waals surface area contributed by atoms with Gasteiger partial charge in [-0.05, 0) is 25.1 Å². The Hall–Kier alpha value is -1.93. The molecule has 1 amide bonds. The summed E-state index contributed by atoms with van der Waals surface area (Å²) in [5.74, 6) is -1.42. The molecule has 0 fully saturated rings. The smallest absolute Gasteiger partial charge is 0.342 e. The zero-order valence-corrected chi connectivity index (χ0v) is 15.3. The molecule has 0 saturated heterocycles. The van der Waals surface area contributed by atoms with Crippen LogP contribution in [0.25, 0.3) is 5.69 Å². The van der Waals surface area contributed by atoms with Gasteiger partial charge in [-0.3, -0.25) is 4.79 Å². The van der Waals surface area contributed by atoms with E-state index in [2.05, 4.69) is 37.0 Å². The van der Waals surface area contributed by atoms with E-state index in [-0.39, 0.29) is 17.9 Å². The number of hydrogen-bond acceptors (Lipinski definition) is 4. The van der Waals surface area contributed by atoms with Gasteiger partial charge >= 0.3 is 5.97 Å². The minimum atomic E-state index is -0.767. The van der Waals surface area contributed by atoms with Crippen LogP contribution in [0.3, 0.4) is 0 Å². The van der Waals surface area contributed by atoms with Crippen molar-refractivity contribution in [1.82, 2.24) is 9.78 Å². The fraction of sp³-hybridized carbons (Fsp3) is 0.133. The number of carbonyl (C=O) groups is 2. The Kier molecular flexibility index (Phi) is 5.73. The first-order chi connectivity index (χ1) is 10.9. The molecule has 2 N–H and O–H groups in total. The van der Waals surface area contributed by atoms with Gasteiger partial charge in [-0.1, -0.05) is 44.0 Å². The third kappa shape index (κ3) is 4.08. The first-order valence-electron chi connectivity index (χ1n) is 6.56. The average molecular weight is 443 g/mol. The van der Waals surface area contributed by atoms with E-state index in [0.29, 0.717) is 5.69 Å². The third-order valence-corrected chi connectivity index (χ3v) is 3.78. The third-order valence-electron chi connectivity index (χ3n) is 2.86. The zero-order chi connectivity index (χ0) is 17.0. The lowest BCUT2D eigenvalue weighted by Crippen LogP contribution is -2.21. The predicted molar refractivity (Wildman–Crippen MR) is 92.6 cm³/mol. The maximum Gasteiger partial charge on any atom is 0.342 e. The highest BCUT2D eigenvalue weighted by Crippen LogP contribution is 2.24. The molecule has 0 aliphatic rings. The summed E-state index contributed by atoms with van der Waals surface area (Å²) in [4.78, 5) is 23.9. The van der Waals surface area contributed by atoms with Crippen molar-refractivity contribution >= 4 is 43.7 Å². The summed E-state index contributed by atoms with van der Waals surface area (Å²) in [5, 5.41) is 4.09. The summed E-state index contributed by atoms with van der Waals surface area (Å²) < 4.78 is 7.93. The number of amides is 1. The largest absolute Gasteiger partial charge is 0.458 e. The van der Waals surface area contributed by atoms with Crippen LogP contribution >= 0.6 is 31.9 Å². The van der Waals surface area contributed by atoms with Crippen molar-refractivity contribution in [1.29, 1.82) is 0 Å².